The second kappa shape index (κ2) is 9.11. The number of carboxylic acid groups (broad SMARTS) is 2. The standard InChI is InChI=1S/C8H19N3O2.C2H2O4/c1-8(2,3)13-7(12)11(4)6-5-10-9;3-1(4)2(5)6/h10H,5-6,9H2,1-4H3;(H,3,4)(H,5,6). The molecule has 1 amide bonds. The lowest BCUT2D eigenvalue weighted by molar-refractivity contribution is -0.159. The molecule has 0 aliphatic heterocycles. The molecule has 0 aromatic carbocycles. The third kappa shape index (κ3) is 14.1. The van der Waals surface area contributed by atoms with E-state index < -0.39 is 17.5 Å². The van der Waals surface area contributed by atoms with Gasteiger partial charge in [0.25, 0.3) is 0 Å². The van der Waals surface area contributed by atoms with Crippen LogP contribution in [0.25, 0.3) is 0 Å². The first-order chi connectivity index (χ1) is 8.51. The molecule has 112 valence electrons. The molecule has 0 saturated heterocycles. The van der Waals surface area contributed by atoms with E-state index >= 15 is 0 Å². The van der Waals surface area contributed by atoms with Crippen molar-refractivity contribution in [3.63, 3.8) is 0 Å². The first-order valence-corrected chi connectivity index (χ1v) is 5.35. The third-order valence-electron chi connectivity index (χ3n) is 1.48. The number of carbonyl (C=O) groups excluding carboxylic acids is 1. The van der Waals surface area contributed by atoms with E-state index in [1.165, 1.54) is 4.90 Å². The fourth-order valence-electron chi connectivity index (χ4n) is 0.663. The van der Waals surface area contributed by atoms with Crippen LogP contribution >= 0.6 is 0 Å². The molecular weight excluding hydrogens is 258 g/mol. The maximum Gasteiger partial charge on any atom is 0.414 e. The molecule has 0 aliphatic carbocycles. The van der Waals surface area contributed by atoms with Gasteiger partial charge in [-0.15, -0.1) is 0 Å². The molecule has 0 heterocycles. The van der Waals surface area contributed by atoms with Crippen LogP contribution in [0.5, 0.6) is 0 Å². The largest absolute Gasteiger partial charge is 0.473 e. The molecule has 0 aliphatic rings. The number of rotatable bonds is 3. The maximum atomic E-state index is 11.3. The average molecular weight is 279 g/mol. The number of nitrogens with zero attached hydrogens (tertiary/aromatic N) is 1. The summed E-state index contributed by atoms with van der Waals surface area (Å²) < 4.78 is 5.11. The highest BCUT2D eigenvalue weighted by Crippen LogP contribution is 2.08. The predicted octanol–water partition coefficient (Wildman–Crippen LogP) is -0.528. The summed E-state index contributed by atoms with van der Waals surface area (Å²) in [7, 11) is 1.67. The number of hydrazine groups is 1. The Labute approximate surface area is 111 Å². The zero-order valence-electron chi connectivity index (χ0n) is 11.5. The number of ether oxygens (including phenoxy) is 1. The number of carboxylic acids is 2. The molecule has 0 fully saturated rings. The van der Waals surface area contributed by atoms with E-state index in [4.69, 9.17) is 30.4 Å². The SMILES string of the molecule is CN(CCNN)C(=O)OC(C)(C)C.O=C(O)C(=O)O. The monoisotopic (exact) mass is 279 g/mol. The molecular formula is C10H21N3O6. The summed E-state index contributed by atoms with van der Waals surface area (Å²) in [4.78, 5) is 31.0. The van der Waals surface area contributed by atoms with Gasteiger partial charge in [-0.25, -0.2) is 14.4 Å². The third-order valence-corrected chi connectivity index (χ3v) is 1.48. The molecule has 0 rings (SSSR count). The zero-order chi connectivity index (χ0) is 15.6. The van der Waals surface area contributed by atoms with Crippen LogP contribution < -0.4 is 11.3 Å². The second-order valence-electron chi connectivity index (χ2n) is 4.47. The number of likely N-dealkylation sites (N-methyl/N-ethyl adjacent to an activating group) is 1. The highest BCUT2D eigenvalue weighted by atomic mass is 16.6. The van der Waals surface area contributed by atoms with Crippen LogP contribution in [-0.4, -0.2) is 58.9 Å². The lowest BCUT2D eigenvalue weighted by Gasteiger charge is -2.24. The molecule has 0 bridgehead atoms. The quantitative estimate of drug-likeness (QED) is 0.307. The Morgan fingerprint density at radius 2 is 1.63 bits per heavy atom. The molecule has 19 heavy (non-hydrogen) atoms. The van der Waals surface area contributed by atoms with Gasteiger partial charge in [-0.05, 0) is 20.8 Å². The molecule has 9 nitrogen and oxygen atoms in total. The summed E-state index contributed by atoms with van der Waals surface area (Å²) in [6.07, 6.45) is -0.331. The summed E-state index contributed by atoms with van der Waals surface area (Å²) in [6.45, 7) is 6.58. The number of amides is 1. The number of carbonyl (C=O) groups is 3. The molecule has 0 atom stereocenters. The van der Waals surface area contributed by atoms with Gasteiger partial charge < -0.3 is 19.8 Å². The number of aliphatic carboxylic acids is 2. The molecule has 0 aromatic heterocycles. The van der Waals surface area contributed by atoms with Crippen molar-refractivity contribution in [2.24, 2.45) is 5.84 Å². The highest BCUT2D eigenvalue weighted by Gasteiger charge is 2.18. The van der Waals surface area contributed by atoms with Crippen LogP contribution in [0, 0.1) is 0 Å². The normalized spacial score (nSPS) is 9.95. The van der Waals surface area contributed by atoms with Crippen LogP contribution in [0.4, 0.5) is 4.79 Å². The van der Waals surface area contributed by atoms with Crippen LogP contribution in [0.1, 0.15) is 20.8 Å². The average Bonchev–Trinajstić information content (AvgIpc) is 2.24. The first-order valence-electron chi connectivity index (χ1n) is 5.35. The van der Waals surface area contributed by atoms with E-state index in [-0.39, 0.29) is 6.09 Å². The van der Waals surface area contributed by atoms with Crippen molar-refractivity contribution in [1.29, 1.82) is 0 Å². The van der Waals surface area contributed by atoms with E-state index in [9.17, 15) is 4.79 Å². The summed E-state index contributed by atoms with van der Waals surface area (Å²) in [5.41, 5.74) is 2.02. The molecule has 0 radical (unpaired) electrons. The van der Waals surface area contributed by atoms with E-state index in [1.807, 2.05) is 20.8 Å². The summed E-state index contributed by atoms with van der Waals surface area (Å²) in [5.74, 6) is 1.43. The number of hydrogen-bond acceptors (Lipinski definition) is 6. The second-order valence-corrected chi connectivity index (χ2v) is 4.47. The smallest absolute Gasteiger partial charge is 0.414 e. The molecule has 0 unspecified atom stereocenters. The number of hydrogen-bond donors (Lipinski definition) is 4. The Bertz CT molecular complexity index is 301. The van der Waals surface area contributed by atoms with Crippen molar-refractivity contribution in [2.45, 2.75) is 26.4 Å². The van der Waals surface area contributed by atoms with Gasteiger partial charge >= 0.3 is 18.0 Å². The van der Waals surface area contributed by atoms with Crippen LogP contribution in [-0.2, 0) is 14.3 Å². The van der Waals surface area contributed by atoms with Crippen molar-refractivity contribution < 1.29 is 29.3 Å². The molecule has 0 saturated carbocycles. The minimum absolute atomic E-state index is 0.331. The van der Waals surface area contributed by atoms with Gasteiger partial charge in [0.2, 0.25) is 0 Å². The molecule has 5 N–H and O–H groups in total. The van der Waals surface area contributed by atoms with E-state index in [1.54, 1.807) is 7.05 Å². The number of nitrogens with one attached hydrogen (secondary N) is 1. The van der Waals surface area contributed by atoms with Crippen LogP contribution in [0.3, 0.4) is 0 Å². The minimum Gasteiger partial charge on any atom is -0.473 e. The van der Waals surface area contributed by atoms with Gasteiger partial charge in [0.05, 0.1) is 0 Å². The van der Waals surface area contributed by atoms with Gasteiger partial charge in [-0.1, -0.05) is 0 Å². The predicted molar refractivity (Wildman–Crippen MR) is 66.3 cm³/mol. The fraction of sp³-hybridized carbons (Fsp3) is 0.700. The Kier molecular flexibility index (Phi) is 9.34. The Balaban J connectivity index is 0. The lowest BCUT2D eigenvalue weighted by Crippen LogP contribution is -2.39. The topological polar surface area (TPSA) is 142 Å². The van der Waals surface area contributed by atoms with Crippen LogP contribution in [0.15, 0.2) is 0 Å². The molecule has 0 spiro atoms. The molecule has 0 aromatic rings. The summed E-state index contributed by atoms with van der Waals surface area (Å²) in [6, 6.07) is 0. The van der Waals surface area contributed by atoms with E-state index in [2.05, 4.69) is 5.43 Å². The lowest BCUT2D eigenvalue weighted by atomic mass is 10.2. The summed E-state index contributed by atoms with van der Waals surface area (Å²) in [5, 5.41) is 14.8. The molecule has 9 heteroatoms. The van der Waals surface area contributed by atoms with Crippen molar-refractivity contribution >= 4 is 18.0 Å². The van der Waals surface area contributed by atoms with Gasteiger partial charge in [0.15, 0.2) is 0 Å². The van der Waals surface area contributed by atoms with Crippen molar-refractivity contribution in [3.05, 3.63) is 0 Å². The minimum atomic E-state index is -1.82. The van der Waals surface area contributed by atoms with Crippen LogP contribution in [0.2, 0.25) is 0 Å². The van der Waals surface area contributed by atoms with Gasteiger partial charge in [-0.3, -0.25) is 11.3 Å². The van der Waals surface area contributed by atoms with Gasteiger partial charge in [0.1, 0.15) is 5.60 Å². The zero-order valence-corrected chi connectivity index (χ0v) is 11.5. The van der Waals surface area contributed by atoms with Crippen molar-refractivity contribution in [2.75, 3.05) is 20.1 Å². The Morgan fingerprint density at radius 3 is 1.89 bits per heavy atom. The van der Waals surface area contributed by atoms with Crippen molar-refractivity contribution in [1.82, 2.24) is 10.3 Å². The Morgan fingerprint density at radius 1 is 1.21 bits per heavy atom. The van der Waals surface area contributed by atoms with Gasteiger partial charge in [0, 0.05) is 20.1 Å². The van der Waals surface area contributed by atoms with E-state index in [0.29, 0.717) is 13.1 Å². The van der Waals surface area contributed by atoms with E-state index in [0.717, 1.165) is 0 Å². The van der Waals surface area contributed by atoms with Crippen molar-refractivity contribution in [3.8, 4) is 0 Å². The van der Waals surface area contributed by atoms with Gasteiger partial charge in [-0.2, -0.15) is 0 Å². The fourth-order valence-corrected chi connectivity index (χ4v) is 0.663. The number of nitrogens with two attached hydrogens (primary N) is 1. The highest BCUT2D eigenvalue weighted by molar-refractivity contribution is 6.27. The Hall–Kier alpha value is -1.87. The first kappa shape index (κ1) is 19.5. The maximum absolute atomic E-state index is 11.3. The summed E-state index contributed by atoms with van der Waals surface area (Å²) >= 11 is 0.